The molecule has 2 rings (SSSR count). The minimum Gasteiger partial charge on any atom is -0.457 e. The lowest BCUT2D eigenvalue weighted by Gasteiger charge is -2.13. The maximum Gasteiger partial charge on any atom is 0.247 e. The van der Waals surface area contributed by atoms with E-state index in [1.165, 1.54) is 0 Å². The van der Waals surface area contributed by atoms with Crippen LogP contribution in [-0.4, -0.2) is 11.8 Å². The summed E-state index contributed by atoms with van der Waals surface area (Å²) in [6.07, 6.45) is 2.29. The van der Waals surface area contributed by atoms with E-state index >= 15 is 0 Å². The zero-order valence-electron chi connectivity index (χ0n) is 12.4. The Morgan fingerprint density at radius 3 is 2.04 bits per heavy atom. The molecule has 0 aliphatic carbocycles. The Kier molecular flexibility index (Phi) is 5.30. The number of hydrogen-bond donors (Lipinski definition) is 2. The fourth-order valence-electron chi connectivity index (χ4n) is 1.79. The lowest BCUT2D eigenvalue weighted by atomic mass is 10.2. The summed E-state index contributed by atoms with van der Waals surface area (Å²) >= 11 is 0. The largest absolute Gasteiger partial charge is 0.457 e. The highest BCUT2D eigenvalue weighted by Crippen LogP contribution is 2.30. The predicted molar refractivity (Wildman–Crippen MR) is 90.6 cm³/mol. The van der Waals surface area contributed by atoms with E-state index in [4.69, 9.17) is 4.74 Å². The first-order valence-electron chi connectivity index (χ1n) is 6.86. The monoisotopic (exact) mass is 308 g/mol. The molecule has 0 atom stereocenters. The third kappa shape index (κ3) is 4.57. The van der Waals surface area contributed by atoms with Gasteiger partial charge in [-0.25, -0.2) is 0 Å². The van der Waals surface area contributed by atoms with Gasteiger partial charge in [-0.1, -0.05) is 31.4 Å². The maximum atomic E-state index is 11.6. The molecule has 5 nitrogen and oxygen atoms in total. The molecule has 2 N–H and O–H groups in total. The molecule has 0 bridgehead atoms. The van der Waals surface area contributed by atoms with Gasteiger partial charge in [-0.05, 0) is 36.4 Å². The van der Waals surface area contributed by atoms with Crippen LogP contribution in [0.5, 0.6) is 11.5 Å². The van der Waals surface area contributed by atoms with Gasteiger partial charge in [-0.15, -0.1) is 0 Å². The van der Waals surface area contributed by atoms with E-state index in [0.29, 0.717) is 22.9 Å². The average Bonchev–Trinajstić information content (AvgIpc) is 2.57. The van der Waals surface area contributed by atoms with E-state index in [0.717, 1.165) is 12.2 Å². The van der Waals surface area contributed by atoms with Crippen molar-refractivity contribution in [1.82, 2.24) is 0 Å². The van der Waals surface area contributed by atoms with Crippen LogP contribution in [0.15, 0.2) is 73.8 Å². The first-order chi connectivity index (χ1) is 11.1. The van der Waals surface area contributed by atoms with Gasteiger partial charge in [-0.3, -0.25) is 9.59 Å². The van der Waals surface area contributed by atoms with Crippen molar-refractivity contribution in [1.29, 1.82) is 0 Å². The second-order valence-electron chi connectivity index (χ2n) is 4.51. The fourth-order valence-corrected chi connectivity index (χ4v) is 1.79. The second kappa shape index (κ2) is 7.61. The quantitative estimate of drug-likeness (QED) is 0.799. The predicted octanol–water partition coefficient (Wildman–Crippen LogP) is 3.73. The number of carbonyl (C=O) groups is 2. The molecule has 2 aromatic rings. The highest BCUT2D eigenvalue weighted by atomic mass is 16.5. The van der Waals surface area contributed by atoms with E-state index in [1.807, 2.05) is 30.3 Å². The molecule has 0 saturated carbocycles. The molecule has 0 radical (unpaired) electrons. The van der Waals surface area contributed by atoms with E-state index in [9.17, 15) is 9.59 Å². The summed E-state index contributed by atoms with van der Waals surface area (Å²) < 4.78 is 5.71. The van der Waals surface area contributed by atoms with Gasteiger partial charge in [-0.2, -0.15) is 0 Å². The van der Waals surface area contributed by atoms with Crippen LogP contribution < -0.4 is 15.4 Å². The van der Waals surface area contributed by atoms with Gasteiger partial charge in [0, 0.05) is 6.07 Å². The summed E-state index contributed by atoms with van der Waals surface area (Å²) in [4.78, 5) is 23.0. The SMILES string of the molecule is C=CC(=O)Nc1ccc(Oc2ccccc2)cc1NC(=O)C=C. The Bertz CT molecular complexity index is 739. The number of benzene rings is 2. The van der Waals surface area contributed by atoms with Crippen LogP contribution in [0, 0.1) is 0 Å². The van der Waals surface area contributed by atoms with Gasteiger partial charge >= 0.3 is 0 Å². The van der Waals surface area contributed by atoms with Gasteiger partial charge in [0.25, 0.3) is 0 Å². The Balaban J connectivity index is 2.29. The molecule has 0 spiro atoms. The third-order valence-corrected chi connectivity index (χ3v) is 2.86. The van der Waals surface area contributed by atoms with Crippen molar-refractivity contribution < 1.29 is 14.3 Å². The van der Waals surface area contributed by atoms with Gasteiger partial charge in [0.1, 0.15) is 11.5 Å². The van der Waals surface area contributed by atoms with Crippen molar-refractivity contribution in [2.75, 3.05) is 10.6 Å². The van der Waals surface area contributed by atoms with Crippen molar-refractivity contribution in [3.05, 3.63) is 73.8 Å². The van der Waals surface area contributed by atoms with Crippen LogP contribution in [0.3, 0.4) is 0 Å². The fraction of sp³-hybridized carbons (Fsp3) is 0. The standard InChI is InChI=1S/C18H16N2O3/c1-3-17(21)19-15-11-10-14(12-16(15)20-18(22)4-2)23-13-8-6-5-7-9-13/h3-12H,1-2H2,(H,19,21)(H,20,22). The summed E-state index contributed by atoms with van der Waals surface area (Å²) in [5, 5.41) is 5.25. The molecule has 23 heavy (non-hydrogen) atoms. The second-order valence-corrected chi connectivity index (χ2v) is 4.51. The van der Waals surface area contributed by atoms with E-state index in [1.54, 1.807) is 18.2 Å². The first kappa shape index (κ1) is 16.0. The van der Waals surface area contributed by atoms with Gasteiger partial charge in [0.2, 0.25) is 11.8 Å². The molecule has 5 heteroatoms. The Hall–Kier alpha value is -3.34. The summed E-state index contributed by atoms with van der Waals surface area (Å²) in [7, 11) is 0. The highest BCUT2D eigenvalue weighted by Gasteiger charge is 2.09. The molecule has 0 aromatic heterocycles. The van der Waals surface area contributed by atoms with E-state index in [2.05, 4.69) is 23.8 Å². The molecular formula is C18H16N2O3. The molecular weight excluding hydrogens is 292 g/mol. The molecule has 0 heterocycles. The topological polar surface area (TPSA) is 67.4 Å². The van der Waals surface area contributed by atoms with Crippen LogP contribution in [0.1, 0.15) is 0 Å². The summed E-state index contributed by atoms with van der Waals surface area (Å²) in [6.45, 7) is 6.80. The number of para-hydroxylation sites is 1. The van der Waals surface area contributed by atoms with Crippen molar-refractivity contribution in [3.8, 4) is 11.5 Å². The molecule has 2 aromatic carbocycles. The number of ether oxygens (including phenoxy) is 1. The zero-order chi connectivity index (χ0) is 16.7. The van der Waals surface area contributed by atoms with Crippen LogP contribution in [0.4, 0.5) is 11.4 Å². The minimum atomic E-state index is -0.393. The molecule has 0 saturated heterocycles. The van der Waals surface area contributed by atoms with Crippen molar-refractivity contribution in [3.63, 3.8) is 0 Å². The van der Waals surface area contributed by atoms with E-state index in [-0.39, 0.29) is 5.91 Å². The zero-order valence-corrected chi connectivity index (χ0v) is 12.4. The van der Waals surface area contributed by atoms with Crippen LogP contribution in [0.2, 0.25) is 0 Å². The highest BCUT2D eigenvalue weighted by molar-refractivity contribution is 6.05. The van der Waals surface area contributed by atoms with Crippen LogP contribution in [-0.2, 0) is 9.59 Å². The number of amides is 2. The molecule has 0 unspecified atom stereocenters. The van der Waals surface area contributed by atoms with Gasteiger partial charge in [0.05, 0.1) is 11.4 Å². The lowest BCUT2D eigenvalue weighted by molar-refractivity contribution is -0.112. The molecule has 0 fully saturated rings. The Labute approximate surface area is 134 Å². The number of carbonyl (C=O) groups excluding carboxylic acids is 2. The molecule has 0 aliphatic rings. The summed E-state index contributed by atoms with van der Waals surface area (Å²) in [6, 6.07) is 14.2. The van der Waals surface area contributed by atoms with Gasteiger partial charge in [0.15, 0.2) is 0 Å². The number of nitrogens with one attached hydrogen (secondary N) is 2. The normalized spacial score (nSPS) is 9.57. The van der Waals surface area contributed by atoms with Crippen LogP contribution in [0.25, 0.3) is 0 Å². The van der Waals surface area contributed by atoms with Gasteiger partial charge < -0.3 is 15.4 Å². The minimum absolute atomic E-state index is 0.379. The van der Waals surface area contributed by atoms with E-state index < -0.39 is 5.91 Å². The first-order valence-corrected chi connectivity index (χ1v) is 6.86. The maximum absolute atomic E-state index is 11.6. The number of hydrogen-bond acceptors (Lipinski definition) is 3. The molecule has 116 valence electrons. The number of rotatable bonds is 6. The van der Waals surface area contributed by atoms with Crippen LogP contribution >= 0.6 is 0 Å². The summed E-state index contributed by atoms with van der Waals surface area (Å²) in [5.74, 6) is 0.412. The van der Waals surface area contributed by atoms with Crippen molar-refractivity contribution in [2.24, 2.45) is 0 Å². The smallest absolute Gasteiger partial charge is 0.247 e. The average molecular weight is 308 g/mol. The lowest BCUT2D eigenvalue weighted by Crippen LogP contribution is -2.13. The van der Waals surface area contributed by atoms with Crippen molar-refractivity contribution >= 4 is 23.2 Å². The Morgan fingerprint density at radius 1 is 0.826 bits per heavy atom. The van der Waals surface area contributed by atoms with Crippen molar-refractivity contribution in [2.45, 2.75) is 0 Å². The third-order valence-electron chi connectivity index (χ3n) is 2.86. The Morgan fingerprint density at radius 2 is 1.43 bits per heavy atom. The summed E-state index contributed by atoms with van der Waals surface area (Å²) in [5.41, 5.74) is 0.837. The molecule has 0 aliphatic heterocycles. The number of anilines is 2. The molecule has 2 amide bonds.